The summed E-state index contributed by atoms with van der Waals surface area (Å²) in [6.45, 7) is 11.7. The molecule has 1 aromatic carbocycles. The molecule has 7 heteroatoms. The highest BCUT2D eigenvalue weighted by atomic mass is 28.4. The molecule has 170 valence electrons. The van der Waals surface area contributed by atoms with Crippen molar-refractivity contribution in [2.24, 2.45) is 0 Å². The molecule has 0 saturated carbocycles. The van der Waals surface area contributed by atoms with Gasteiger partial charge < -0.3 is 18.6 Å². The summed E-state index contributed by atoms with van der Waals surface area (Å²) in [6.07, 6.45) is 3.92. The number of fused-ring (bicyclic) bond motifs is 3. The van der Waals surface area contributed by atoms with Crippen molar-refractivity contribution in [3.05, 3.63) is 35.4 Å². The minimum atomic E-state index is -1.89. The molecule has 0 unspecified atom stereocenters. The maximum atomic E-state index is 12.4. The summed E-state index contributed by atoms with van der Waals surface area (Å²) in [7, 11) is 1.08. The average Bonchev–Trinajstić information content (AvgIpc) is 3.01. The molecule has 1 heterocycles. The lowest BCUT2D eigenvalue weighted by Gasteiger charge is -2.36. The summed E-state index contributed by atoms with van der Waals surface area (Å²) in [5, 5.41) is 0.127. The number of benzene rings is 1. The number of allylic oxidation sites excluding steroid dienone is 1. The number of rotatable bonds is 7. The van der Waals surface area contributed by atoms with Crippen molar-refractivity contribution < 1.29 is 28.2 Å². The zero-order valence-electron chi connectivity index (χ0n) is 19.7. The van der Waals surface area contributed by atoms with Crippen molar-refractivity contribution in [3.63, 3.8) is 0 Å². The van der Waals surface area contributed by atoms with E-state index < -0.39 is 19.8 Å². The number of carbonyl (C=O) groups excluding carboxylic acids is 2. The first kappa shape index (κ1) is 23.5. The molecule has 0 bridgehead atoms. The van der Waals surface area contributed by atoms with Gasteiger partial charge in [-0.05, 0) is 42.3 Å². The summed E-state index contributed by atoms with van der Waals surface area (Å²) in [5.74, 6) is 0.857. The molecule has 3 rings (SSSR count). The molecule has 6 nitrogen and oxygen atoms in total. The topological polar surface area (TPSA) is 71.1 Å². The Morgan fingerprint density at radius 1 is 1.26 bits per heavy atom. The Bertz CT molecular complexity index is 898. The van der Waals surface area contributed by atoms with Gasteiger partial charge in [0.05, 0.1) is 26.1 Å². The fourth-order valence-electron chi connectivity index (χ4n) is 4.12. The number of methoxy groups -OCH3 is 2. The third-order valence-electron chi connectivity index (χ3n) is 6.99. The number of carbonyl (C=O) groups is 2. The highest BCUT2D eigenvalue weighted by Gasteiger charge is 2.53. The molecule has 0 radical (unpaired) electrons. The van der Waals surface area contributed by atoms with Gasteiger partial charge in [-0.15, -0.1) is 0 Å². The largest absolute Gasteiger partial charge is 0.493 e. The van der Waals surface area contributed by atoms with Gasteiger partial charge in [0.2, 0.25) is 0 Å². The number of hydrogen-bond donors (Lipinski definition) is 0. The first-order valence-corrected chi connectivity index (χ1v) is 13.7. The van der Waals surface area contributed by atoms with E-state index in [0.717, 1.165) is 11.1 Å². The standard InChI is InChI=1S/C24H34O6Si/c1-23(2,3)31(6,7)29-13-11-16-8-9-18(27-4)22-21(16)24(15-20(26)28-5)12-10-17(25)14-19(24)30-22/h8-10,12,19H,11,13-15H2,1-7H3/t19-,24-/m0/s1. The Morgan fingerprint density at radius 3 is 2.58 bits per heavy atom. The molecule has 0 fully saturated rings. The third kappa shape index (κ3) is 4.30. The van der Waals surface area contributed by atoms with E-state index in [0.29, 0.717) is 24.5 Å². The van der Waals surface area contributed by atoms with Crippen molar-refractivity contribution in [3.8, 4) is 11.5 Å². The Hall–Kier alpha value is -2.12. The van der Waals surface area contributed by atoms with Crippen molar-refractivity contribution in [1.82, 2.24) is 0 Å². The maximum absolute atomic E-state index is 12.4. The number of hydrogen-bond acceptors (Lipinski definition) is 6. The molecule has 0 aromatic heterocycles. The second kappa shape index (κ2) is 8.43. The van der Waals surface area contributed by atoms with Crippen LogP contribution < -0.4 is 9.47 Å². The first-order chi connectivity index (χ1) is 14.4. The van der Waals surface area contributed by atoms with Gasteiger partial charge in [-0.2, -0.15) is 0 Å². The van der Waals surface area contributed by atoms with Crippen LogP contribution in [-0.4, -0.2) is 47.0 Å². The van der Waals surface area contributed by atoms with E-state index in [1.165, 1.54) is 7.11 Å². The maximum Gasteiger partial charge on any atom is 0.306 e. The first-order valence-electron chi connectivity index (χ1n) is 10.7. The fraction of sp³-hybridized carbons (Fsp3) is 0.583. The molecule has 31 heavy (non-hydrogen) atoms. The van der Waals surface area contributed by atoms with Crippen molar-refractivity contribution >= 4 is 20.1 Å². The number of esters is 1. The highest BCUT2D eigenvalue weighted by molar-refractivity contribution is 6.74. The van der Waals surface area contributed by atoms with Crippen LogP contribution in [0.4, 0.5) is 0 Å². The van der Waals surface area contributed by atoms with Crippen LogP contribution in [0.25, 0.3) is 0 Å². The van der Waals surface area contributed by atoms with Crippen LogP contribution in [0.3, 0.4) is 0 Å². The Labute approximate surface area is 186 Å². The van der Waals surface area contributed by atoms with Crippen molar-refractivity contribution in [2.75, 3.05) is 20.8 Å². The lowest BCUT2D eigenvalue weighted by molar-refractivity contribution is -0.142. The minimum Gasteiger partial charge on any atom is -0.493 e. The summed E-state index contributed by atoms with van der Waals surface area (Å²) >= 11 is 0. The predicted molar refractivity (Wildman–Crippen MR) is 121 cm³/mol. The molecule has 2 atom stereocenters. The molecule has 1 aliphatic carbocycles. The average molecular weight is 447 g/mol. The number of ketones is 1. The van der Waals surface area contributed by atoms with Crippen molar-refractivity contribution in [1.29, 1.82) is 0 Å². The Morgan fingerprint density at radius 2 is 1.97 bits per heavy atom. The lowest BCUT2D eigenvalue weighted by Crippen LogP contribution is -2.43. The summed E-state index contributed by atoms with van der Waals surface area (Å²) < 4.78 is 23.2. The van der Waals surface area contributed by atoms with Crippen LogP contribution in [0.2, 0.25) is 18.1 Å². The second-order valence-corrected chi connectivity index (χ2v) is 14.7. The molecule has 0 spiro atoms. The zero-order chi connectivity index (χ0) is 23.0. The Balaban J connectivity index is 2.01. The fourth-order valence-corrected chi connectivity index (χ4v) is 5.17. The minimum absolute atomic E-state index is 0.0138. The smallest absolute Gasteiger partial charge is 0.306 e. The van der Waals surface area contributed by atoms with Crippen LogP contribution in [0, 0.1) is 0 Å². The van der Waals surface area contributed by atoms with E-state index in [1.54, 1.807) is 13.2 Å². The van der Waals surface area contributed by atoms with Crippen LogP contribution in [0.15, 0.2) is 24.3 Å². The molecule has 1 aliphatic heterocycles. The van der Waals surface area contributed by atoms with Gasteiger partial charge in [0, 0.05) is 18.6 Å². The van der Waals surface area contributed by atoms with Crippen molar-refractivity contribution in [2.45, 2.75) is 69.7 Å². The summed E-state index contributed by atoms with van der Waals surface area (Å²) in [5.41, 5.74) is 1.20. The molecule has 2 aliphatic rings. The van der Waals surface area contributed by atoms with Gasteiger partial charge in [-0.3, -0.25) is 9.59 Å². The van der Waals surface area contributed by atoms with Crippen LogP contribution in [0.1, 0.15) is 44.7 Å². The van der Waals surface area contributed by atoms with Gasteiger partial charge in [0.25, 0.3) is 0 Å². The third-order valence-corrected chi connectivity index (χ3v) is 11.5. The summed E-state index contributed by atoms with van der Waals surface area (Å²) in [6, 6.07) is 3.90. The normalized spacial score (nSPS) is 22.5. The lowest BCUT2D eigenvalue weighted by atomic mass is 9.68. The monoisotopic (exact) mass is 446 g/mol. The second-order valence-electron chi connectivity index (χ2n) is 9.89. The SMILES string of the molecule is COC(=O)C[C@@]12C=CC(=O)C[C@@H]1Oc1c(OC)ccc(CCO[Si](C)(C)C(C)(C)C)c12. The van der Waals surface area contributed by atoms with Crippen LogP contribution in [0.5, 0.6) is 11.5 Å². The van der Waals surface area contributed by atoms with E-state index in [-0.39, 0.29) is 29.6 Å². The van der Waals surface area contributed by atoms with Crippen LogP contribution >= 0.6 is 0 Å². The van der Waals surface area contributed by atoms with E-state index in [2.05, 4.69) is 33.9 Å². The molecular weight excluding hydrogens is 412 g/mol. The molecular formula is C24H34O6Si. The van der Waals surface area contributed by atoms with Gasteiger partial charge in [-0.25, -0.2) is 0 Å². The summed E-state index contributed by atoms with van der Waals surface area (Å²) in [4.78, 5) is 24.5. The van der Waals surface area contributed by atoms with E-state index in [9.17, 15) is 9.59 Å². The van der Waals surface area contributed by atoms with E-state index in [4.69, 9.17) is 18.6 Å². The molecule has 0 amide bonds. The van der Waals surface area contributed by atoms with Crippen LogP contribution in [-0.2, 0) is 30.6 Å². The van der Waals surface area contributed by atoms with Gasteiger partial charge >= 0.3 is 5.97 Å². The van der Waals surface area contributed by atoms with Gasteiger partial charge in [-0.1, -0.05) is 32.9 Å². The quantitative estimate of drug-likeness (QED) is 0.458. The predicted octanol–water partition coefficient (Wildman–Crippen LogP) is 4.35. The Kier molecular flexibility index (Phi) is 6.40. The number of ether oxygens (including phenoxy) is 3. The van der Waals surface area contributed by atoms with Gasteiger partial charge in [0.15, 0.2) is 25.6 Å². The zero-order valence-corrected chi connectivity index (χ0v) is 20.7. The molecule has 0 saturated heterocycles. The highest BCUT2D eigenvalue weighted by Crippen LogP contribution is 2.54. The molecule has 1 aromatic rings. The molecule has 0 N–H and O–H groups in total. The van der Waals surface area contributed by atoms with E-state index >= 15 is 0 Å². The van der Waals surface area contributed by atoms with E-state index in [1.807, 2.05) is 18.2 Å². The van der Waals surface area contributed by atoms with Gasteiger partial charge in [0.1, 0.15) is 6.10 Å².